The van der Waals surface area contributed by atoms with E-state index >= 15 is 0 Å². The van der Waals surface area contributed by atoms with E-state index in [1.807, 2.05) is 20.8 Å². The largest absolute Gasteiger partial charge is 0.444 e. The van der Waals surface area contributed by atoms with E-state index in [-0.39, 0.29) is 6.09 Å². The van der Waals surface area contributed by atoms with Crippen LogP contribution in [0.5, 0.6) is 0 Å². The van der Waals surface area contributed by atoms with Gasteiger partial charge in [-0.1, -0.05) is 0 Å². The minimum atomic E-state index is -0.456. The molecule has 0 aromatic carbocycles. The van der Waals surface area contributed by atoms with Gasteiger partial charge in [-0.2, -0.15) is 9.36 Å². The molecule has 1 saturated heterocycles. The molecule has 0 saturated carbocycles. The van der Waals surface area contributed by atoms with E-state index in [1.165, 1.54) is 11.5 Å². The van der Waals surface area contributed by atoms with Gasteiger partial charge in [0.05, 0.1) is 0 Å². The summed E-state index contributed by atoms with van der Waals surface area (Å²) < 4.78 is 9.30. The molecule has 1 fully saturated rings. The summed E-state index contributed by atoms with van der Waals surface area (Å²) in [7, 11) is 0. The van der Waals surface area contributed by atoms with Gasteiger partial charge in [-0.25, -0.2) is 4.79 Å². The third-order valence-electron chi connectivity index (χ3n) is 2.63. The van der Waals surface area contributed by atoms with Crippen molar-refractivity contribution in [1.82, 2.24) is 14.3 Å². The average molecular weight is 285 g/mol. The Morgan fingerprint density at radius 1 is 1.32 bits per heavy atom. The molecule has 0 radical (unpaired) electrons. The summed E-state index contributed by atoms with van der Waals surface area (Å²) in [4.78, 5) is 19.8. The molecule has 106 valence electrons. The molecule has 19 heavy (non-hydrogen) atoms. The van der Waals surface area contributed by atoms with Crippen LogP contribution in [0.4, 0.5) is 15.9 Å². The fraction of sp³-hybridized carbons (Fsp3) is 0.727. The van der Waals surface area contributed by atoms with Crippen LogP contribution in [0.1, 0.15) is 20.8 Å². The average Bonchev–Trinajstić information content (AvgIpc) is 2.74. The molecule has 1 aromatic heterocycles. The van der Waals surface area contributed by atoms with E-state index in [0.717, 1.165) is 5.13 Å². The Kier molecular flexibility index (Phi) is 3.79. The number of nitrogen functional groups attached to an aromatic ring is 1. The summed E-state index contributed by atoms with van der Waals surface area (Å²) in [5.74, 6) is 0.301. The van der Waals surface area contributed by atoms with Crippen molar-refractivity contribution < 1.29 is 9.53 Å². The van der Waals surface area contributed by atoms with E-state index in [2.05, 4.69) is 14.3 Å². The van der Waals surface area contributed by atoms with E-state index in [1.54, 1.807) is 4.90 Å². The van der Waals surface area contributed by atoms with Crippen molar-refractivity contribution in [2.45, 2.75) is 26.4 Å². The van der Waals surface area contributed by atoms with Gasteiger partial charge in [-0.15, -0.1) is 0 Å². The summed E-state index contributed by atoms with van der Waals surface area (Å²) in [5, 5.41) is 0.807. The van der Waals surface area contributed by atoms with Crippen LogP contribution in [0, 0.1) is 0 Å². The van der Waals surface area contributed by atoms with Crippen LogP contribution in [-0.4, -0.2) is 52.1 Å². The number of hydrogen-bond acceptors (Lipinski definition) is 7. The lowest BCUT2D eigenvalue weighted by Gasteiger charge is -2.35. The number of amides is 1. The summed E-state index contributed by atoms with van der Waals surface area (Å²) in [5.41, 5.74) is 5.05. The molecule has 2 N–H and O–H groups in total. The van der Waals surface area contributed by atoms with Crippen LogP contribution < -0.4 is 10.6 Å². The number of carbonyl (C=O) groups excluding carboxylic acids is 1. The Labute approximate surface area is 116 Å². The standard InChI is InChI=1S/C11H19N5O2S/c1-11(2,3)18-10(17)16-6-4-15(5-7-16)9-13-8(12)14-19-9/h4-7H2,1-3H3,(H2,12,14). The zero-order chi connectivity index (χ0) is 14.0. The number of carbonyl (C=O) groups is 1. The molecule has 8 heteroatoms. The second-order valence-corrected chi connectivity index (χ2v) is 6.12. The monoisotopic (exact) mass is 285 g/mol. The quantitative estimate of drug-likeness (QED) is 0.834. The Balaban J connectivity index is 1.87. The summed E-state index contributed by atoms with van der Waals surface area (Å²) in [6.45, 7) is 8.27. The lowest BCUT2D eigenvalue weighted by Crippen LogP contribution is -2.50. The molecule has 0 spiro atoms. The highest BCUT2D eigenvalue weighted by atomic mass is 32.1. The van der Waals surface area contributed by atoms with Crippen LogP contribution in [0.3, 0.4) is 0 Å². The first-order valence-corrected chi connectivity index (χ1v) is 6.94. The maximum Gasteiger partial charge on any atom is 0.410 e. The second kappa shape index (κ2) is 5.20. The first-order chi connectivity index (χ1) is 8.85. The third-order valence-corrected chi connectivity index (χ3v) is 3.42. The smallest absolute Gasteiger partial charge is 0.410 e. The van der Waals surface area contributed by atoms with Crippen LogP contribution in [0.25, 0.3) is 0 Å². The van der Waals surface area contributed by atoms with Gasteiger partial charge in [-0.05, 0) is 20.8 Å². The minimum absolute atomic E-state index is 0.260. The minimum Gasteiger partial charge on any atom is -0.444 e. The second-order valence-electron chi connectivity index (χ2n) is 5.39. The predicted molar refractivity (Wildman–Crippen MR) is 74.3 cm³/mol. The van der Waals surface area contributed by atoms with Gasteiger partial charge in [0, 0.05) is 37.7 Å². The first kappa shape index (κ1) is 13.9. The number of rotatable bonds is 1. The highest BCUT2D eigenvalue weighted by Gasteiger charge is 2.26. The Morgan fingerprint density at radius 2 is 1.95 bits per heavy atom. The Morgan fingerprint density at radius 3 is 2.42 bits per heavy atom. The lowest BCUT2D eigenvalue weighted by molar-refractivity contribution is 0.0240. The highest BCUT2D eigenvalue weighted by molar-refractivity contribution is 7.09. The molecular weight excluding hydrogens is 266 g/mol. The Hall–Kier alpha value is -1.57. The normalized spacial score (nSPS) is 16.6. The van der Waals surface area contributed by atoms with Crippen molar-refractivity contribution in [3.8, 4) is 0 Å². The number of aromatic nitrogens is 2. The van der Waals surface area contributed by atoms with Gasteiger partial charge < -0.3 is 20.3 Å². The molecule has 1 aromatic rings. The highest BCUT2D eigenvalue weighted by Crippen LogP contribution is 2.20. The molecule has 1 amide bonds. The number of nitrogens with two attached hydrogens (primary N) is 1. The molecule has 1 aliphatic heterocycles. The van der Waals surface area contributed by atoms with Gasteiger partial charge in [0.15, 0.2) is 0 Å². The van der Waals surface area contributed by atoms with Crippen LogP contribution in [0.15, 0.2) is 0 Å². The van der Waals surface area contributed by atoms with E-state index < -0.39 is 5.60 Å². The molecular formula is C11H19N5O2S. The van der Waals surface area contributed by atoms with Crippen molar-refractivity contribution in [2.75, 3.05) is 36.8 Å². The van der Waals surface area contributed by atoms with Gasteiger partial charge >= 0.3 is 6.09 Å². The molecule has 2 heterocycles. The maximum absolute atomic E-state index is 11.9. The molecule has 7 nitrogen and oxygen atoms in total. The number of nitrogens with zero attached hydrogens (tertiary/aromatic N) is 4. The van der Waals surface area contributed by atoms with Crippen molar-refractivity contribution in [3.63, 3.8) is 0 Å². The topological polar surface area (TPSA) is 84.6 Å². The number of piperazine rings is 1. The van der Waals surface area contributed by atoms with Gasteiger partial charge in [0.2, 0.25) is 11.1 Å². The van der Waals surface area contributed by atoms with Crippen molar-refractivity contribution in [1.29, 1.82) is 0 Å². The number of hydrogen-bond donors (Lipinski definition) is 1. The molecule has 0 aliphatic carbocycles. The molecule has 0 atom stereocenters. The number of ether oxygens (including phenoxy) is 1. The zero-order valence-corrected chi connectivity index (χ0v) is 12.2. The fourth-order valence-corrected chi connectivity index (χ4v) is 2.41. The zero-order valence-electron chi connectivity index (χ0n) is 11.4. The molecule has 1 aliphatic rings. The maximum atomic E-state index is 11.9. The summed E-state index contributed by atoms with van der Waals surface area (Å²) in [6.07, 6.45) is -0.260. The molecule has 0 bridgehead atoms. The molecule has 0 unspecified atom stereocenters. The SMILES string of the molecule is CC(C)(C)OC(=O)N1CCN(c2nc(N)ns2)CC1. The summed E-state index contributed by atoms with van der Waals surface area (Å²) >= 11 is 1.28. The van der Waals surface area contributed by atoms with Gasteiger partial charge in [0.1, 0.15) is 5.60 Å². The van der Waals surface area contributed by atoms with Gasteiger partial charge in [0.25, 0.3) is 0 Å². The van der Waals surface area contributed by atoms with Crippen molar-refractivity contribution >= 4 is 28.7 Å². The van der Waals surface area contributed by atoms with Crippen molar-refractivity contribution in [2.24, 2.45) is 0 Å². The van der Waals surface area contributed by atoms with Crippen LogP contribution >= 0.6 is 11.5 Å². The number of anilines is 2. The van der Waals surface area contributed by atoms with E-state index in [0.29, 0.717) is 32.1 Å². The van der Waals surface area contributed by atoms with Gasteiger partial charge in [-0.3, -0.25) is 0 Å². The third kappa shape index (κ3) is 3.69. The fourth-order valence-electron chi connectivity index (χ4n) is 1.76. The Bertz CT molecular complexity index is 448. The van der Waals surface area contributed by atoms with Crippen molar-refractivity contribution in [3.05, 3.63) is 0 Å². The van der Waals surface area contributed by atoms with E-state index in [9.17, 15) is 4.79 Å². The predicted octanol–water partition coefficient (Wildman–Crippen LogP) is 1.18. The van der Waals surface area contributed by atoms with E-state index in [4.69, 9.17) is 10.5 Å². The first-order valence-electron chi connectivity index (χ1n) is 6.17. The van der Waals surface area contributed by atoms with Crippen LogP contribution in [0.2, 0.25) is 0 Å². The summed E-state index contributed by atoms with van der Waals surface area (Å²) in [6, 6.07) is 0. The van der Waals surface area contributed by atoms with Crippen LogP contribution in [-0.2, 0) is 4.74 Å². The molecule has 2 rings (SSSR count). The lowest BCUT2D eigenvalue weighted by atomic mass is 10.2.